The summed E-state index contributed by atoms with van der Waals surface area (Å²) in [6.45, 7) is 4.07. The molecule has 0 aromatic carbocycles. The molecule has 3 rings (SSSR count). The lowest BCUT2D eigenvalue weighted by Gasteiger charge is -2.33. The first-order valence-corrected chi connectivity index (χ1v) is 6.83. The number of amides is 1. The van der Waals surface area contributed by atoms with E-state index in [1.54, 1.807) is 6.20 Å². The highest BCUT2D eigenvalue weighted by Gasteiger charge is 2.25. The molecule has 7 heteroatoms. The highest BCUT2D eigenvalue weighted by atomic mass is 19.1. The number of hydrogen-bond acceptors (Lipinski definition) is 4. The zero-order valence-corrected chi connectivity index (χ0v) is 11.5. The molecule has 2 aromatic rings. The van der Waals surface area contributed by atoms with Crippen molar-refractivity contribution < 1.29 is 9.18 Å². The smallest absolute Gasteiger partial charge is 0.282 e. The van der Waals surface area contributed by atoms with Crippen molar-refractivity contribution in [2.75, 3.05) is 18.4 Å². The van der Waals surface area contributed by atoms with Crippen molar-refractivity contribution in [1.29, 1.82) is 0 Å². The number of rotatable bonds is 3. The van der Waals surface area contributed by atoms with Crippen LogP contribution in [-0.2, 0) is 4.79 Å². The molecule has 3 heterocycles. The zero-order valence-electron chi connectivity index (χ0n) is 11.5. The minimum absolute atomic E-state index is 0.0371. The summed E-state index contributed by atoms with van der Waals surface area (Å²) < 4.78 is 13.0. The summed E-state index contributed by atoms with van der Waals surface area (Å²) in [5.41, 5.74) is 0.758. The predicted molar refractivity (Wildman–Crippen MR) is 77.4 cm³/mol. The van der Waals surface area contributed by atoms with E-state index in [4.69, 9.17) is 0 Å². The molecule has 21 heavy (non-hydrogen) atoms. The van der Waals surface area contributed by atoms with Gasteiger partial charge in [-0.05, 0) is 18.9 Å². The Kier molecular flexibility index (Phi) is 3.55. The average Bonchev–Trinajstić information content (AvgIpc) is 2.96. The summed E-state index contributed by atoms with van der Waals surface area (Å²) in [4.78, 5) is 24.5. The van der Waals surface area contributed by atoms with Crippen molar-refractivity contribution in [2.45, 2.75) is 18.9 Å². The summed E-state index contributed by atoms with van der Waals surface area (Å²) in [5.74, 6) is -0.818. The van der Waals surface area contributed by atoms with Gasteiger partial charge in [0.15, 0.2) is 5.83 Å². The number of halogens is 1. The third kappa shape index (κ3) is 2.72. The maximum absolute atomic E-state index is 13.0. The van der Waals surface area contributed by atoms with Crippen LogP contribution in [0, 0.1) is 0 Å². The van der Waals surface area contributed by atoms with Gasteiger partial charge in [0.2, 0.25) is 0 Å². The lowest BCUT2D eigenvalue weighted by Crippen LogP contribution is -2.45. The lowest BCUT2D eigenvalue weighted by molar-refractivity contribution is -0.129. The average molecular weight is 289 g/mol. The van der Waals surface area contributed by atoms with E-state index in [0.29, 0.717) is 13.1 Å². The molecule has 0 saturated carbocycles. The molecule has 0 spiro atoms. The van der Waals surface area contributed by atoms with Crippen LogP contribution in [0.15, 0.2) is 31.0 Å². The van der Waals surface area contributed by atoms with Crippen LogP contribution in [0.5, 0.6) is 0 Å². The minimum atomic E-state index is -0.911. The summed E-state index contributed by atoms with van der Waals surface area (Å²) in [6, 6.07) is 1.93. The molecule has 0 aliphatic carbocycles. The van der Waals surface area contributed by atoms with E-state index in [0.717, 1.165) is 29.7 Å². The fourth-order valence-corrected chi connectivity index (χ4v) is 2.63. The topological polar surface area (TPSA) is 73.9 Å². The van der Waals surface area contributed by atoms with Crippen LogP contribution in [0.4, 0.5) is 10.2 Å². The van der Waals surface area contributed by atoms with Crippen LogP contribution in [0.2, 0.25) is 0 Å². The number of nitrogens with one attached hydrogen (secondary N) is 2. The number of fused-ring (bicyclic) bond motifs is 1. The highest BCUT2D eigenvalue weighted by Crippen LogP contribution is 2.21. The SMILES string of the molecule is C=C(F)C(=O)N1CCC[C@@H](Nc2ncnc3[nH]ccc23)C1. The number of carbonyl (C=O) groups is 1. The Labute approximate surface area is 121 Å². The largest absolute Gasteiger partial charge is 0.365 e. The van der Waals surface area contributed by atoms with E-state index in [1.807, 2.05) is 6.07 Å². The normalized spacial score (nSPS) is 18.7. The Morgan fingerprint density at radius 2 is 2.38 bits per heavy atom. The first-order valence-electron chi connectivity index (χ1n) is 6.83. The first kappa shape index (κ1) is 13.5. The summed E-state index contributed by atoms with van der Waals surface area (Å²) >= 11 is 0. The number of likely N-dealkylation sites (tertiary alicyclic amines) is 1. The maximum atomic E-state index is 13.0. The maximum Gasteiger partial charge on any atom is 0.282 e. The Morgan fingerprint density at radius 1 is 1.52 bits per heavy atom. The zero-order chi connectivity index (χ0) is 14.8. The number of H-pyrrole nitrogens is 1. The number of carbonyl (C=O) groups excluding carboxylic acids is 1. The molecule has 1 saturated heterocycles. The number of aromatic amines is 1. The van der Waals surface area contributed by atoms with Gasteiger partial charge in [-0.15, -0.1) is 0 Å². The molecule has 1 fully saturated rings. The second kappa shape index (κ2) is 5.51. The number of anilines is 1. The van der Waals surface area contributed by atoms with Gasteiger partial charge in [0, 0.05) is 25.3 Å². The monoisotopic (exact) mass is 289 g/mol. The predicted octanol–water partition coefficient (Wildman–Crippen LogP) is 1.84. The lowest BCUT2D eigenvalue weighted by atomic mass is 10.1. The van der Waals surface area contributed by atoms with Crippen molar-refractivity contribution in [3.8, 4) is 0 Å². The third-order valence-electron chi connectivity index (χ3n) is 3.64. The van der Waals surface area contributed by atoms with Gasteiger partial charge in [0.1, 0.15) is 17.8 Å². The van der Waals surface area contributed by atoms with Crippen molar-refractivity contribution in [3.05, 3.63) is 31.0 Å². The second-order valence-electron chi connectivity index (χ2n) is 5.10. The van der Waals surface area contributed by atoms with Gasteiger partial charge in [-0.1, -0.05) is 6.58 Å². The summed E-state index contributed by atoms with van der Waals surface area (Å²) in [6.07, 6.45) is 5.00. The molecular formula is C14H16FN5O. The Hall–Kier alpha value is -2.44. The van der Waals surface area contributed by atoms with Crippen molar-refractivity contribution >= 4 is 22.8 Å². The minimum Gasteiger partial charge on any atom is -0.365 e. The van der Waals surface area contributed by atoms with Gasteiger partial charge < -0.3 is 15.2 Å². The third-order valence-corrected chi connectivity index (χ3v) is 3.64. The fourth-order valence-electron chi connectivity index (χ4n) is 2.63. The van der Waals surface area contributed by atoms with Gasteiger partial charge in [0.05, 0.1) is 5.39 Å². The number of piperidine rings is 1. The summed E-state index contributed by atoms with van der Waals surface area (Å²) in [5, 5.41) is 4.22. The van der Waals surface area contributed by atoms with Gasteiger partial charge >= 0.3 is 0 Å². The Balaban J connectivity index is 1.74. The van der Waals surface area contributed by atoms with Gasteiger partial charge in [-0.25, -0.2) is 14.4 Å². The molecule has 1 amide bonds. The fraction of sp³-hybridized carbons (Fsp3) is 0.357. The van der Waals surface area contributed by atoms with Crippen LogP contribution in [0.1, 0.15) is 12.8 Å². The van der Waals surface area contributed by atoms with Gasteiger partial charge in [-0.2, -0.15) is 0 Å². The number of hydrogen-bond donors (Lipinski definition) is 2. The molecule has 0 bridgehead atoms. The van der Waals surface area contributed by atoms with Crippen LogP contribution in [0.25, 0.3) is 11.0 Å². The summed E-state index contributed by atoms with van der Waals surface area (Å²) in [7, 11) is 0. The molecule has 0 unspecified atom stereocenters. The molecule has 1 aliphatic heterocycles. The highest BCUT2D eigenvalue weighted by molar-refractivity contribution is 5.91. The van der Waals surface area contributed by atoms with Gasteiger partial charge in [0.25, 0.3) is 5.91 Å². The van der Waals surface area contributed by atoms with E-state index >= 15 is 0 Å². The quantitative estimate of drug-likeness (QED) is 0.846. The van der Waals surface area contributed by atoms with Crippen LogP contribution >= 0.6 is 0 Å². The molecular weight excluding hydrogens is 273 g/mol. The van der Waals surface area contributed by atoms with Crippen molar-refractivity contribution in [2.24, 2.45) is 0 Å². The molecule has 6 nitrogen and oxygen atoms in total. The molecule has 2 N–H and O–H groups in total. The van der Waals surface area contributed by atoms with Crippen LogP contribution < -0.4 is 5.32 Å². The second-order valence-corrected chi connectivity index (χ2v) is 5.10. The molecule has 1 atom stereocenters. The first-order chi connectivity index (χ1) is 10.1. The van der Waals surface area contributed by atoms with E-state index in [1.165, 1.54) is 11.2 Å². The van der Waals surface area contributed by atoms with E-state index in [-0.39, 0.29) is 6.04 Å². The Bertz CT molecular complexity index is 683. The van der Waals surface area contributed by atoms with Crippen molar-refractivity contribution in [1.82, 2.24) is 19.9 Å². The van der Waals surface area contributed by atoms with E-state index < -0.39 is 11.7 Å². The van der Waals surface area contributed by atoms with Crippen LogP contribution in [0.3, 0.4) is 0 Å². The van der Waals surface area contributed by atoms with Crippen LogP contribution in [-0.4, -0.2) is 44.9 Å². The molecule has 2 aromatic heterocycles. The Morgan fingerprint density at radius 3 is 3.19 bits per heavy atom. The van der Waals surface area contributed by atoms with E-state index in [9.17, 15) is 9.18 Å². The number of nitrogens with zero attached hydrogens (tertiary/aromatic N) is 3. The van der Waals surface area contributed by atoms with E-state index in [2.05, 4.69) is 26.8 Å². The molecule has 110 valence electrons. The molecule has 0 radical (unpaired) electrons. The van der Waals surface area contributed by atoms with Crippen molar-refractivity contribution in [3.63, 3.8) is 0 Å². The number of aromatic nitrogens is 3. The van der Waals surface area contributed by atoms with Gasteiger partial charge in [-0.3, -0.25) is 4.79 Å². The molecule has 1 aliphatic rings. The standard InChI is InChI=1S/C14H16FN5O/c1-9(15)14(21)20-6-2-3-10(7-20)19-13-11-4-5-16-12(11)17-8-18-13/h4-5,8,10H,1-3,6-7H2,(H2,16,17,18,19)/t10-/m1/s1.